The second-order valence-electron chi connectivity index (χ2n) is 5.65. The first-order valence-electron chi connectivity index (χ1n) is 7.56. The van der Waals surface area contributed by atoms with Gasteiger partial charge in [-0.05, 0) is 49.1 Å². The molecule has 3 N–H and O–H groups in total. The van der Waals surface area contributed by atoms with Crippen molar-refractivity contribution in [2.24, 2.45) is 11.7 Å². The fourth-order valence-corrected chi connectivity index (χ4v) is 2.22. The fraction of sp³-hybridized carbons (Fsp3) is 0.222. The summed E-state index contributed by atoms with van der Waals surface area (Å²) in [4.78, 5) is 23.7. The van der Waals surface area contributed by atoms with Gasteiger partial charge in [-0.3, -0.25) is 9.59 Å². The monoisotopic (exact) mass is 310 g/mol. The van der Waals surface area contributed by atoms with Crippen molar-refractivity contribution in [3.05, 3.63) is 59.7 Å². The molecule has 2 amide bonds. The first-order valence-corrected chi connectivity index (χ1v) is 7.56. The van der Waals surface area contributed by atoms with Crippen molar-refractivity contribution in [3.63, 3.8) is 0 Å². The first kappa shape index (κ1) is 15.1. The highest BCUT2D eigenvalue weighted by molar-refractivity contribution is 6.06. The summed E-state index contributed by atoms with van der Waals surface area (Å²) in [5, 5.41) is 2.77. The maximum atomic E-state index is 12.5. The molecule has 1 saturated carbocycles. The van der Waals surface area contributed by atoms with E-state index < -0.39 is 5.91 Å². The molecule has 1 aliphatic carbocycles. The highest BCUT2D eigenvalue weighted by Crippen LogP contribution is 2.30. The Morgan fingerprint density at radius 2 is 1.91 bits per heavy atom. The number of rotatable bonds is 6. The summed E-state index contributed by atoms with van der Waals surface area (Å²) >= 11 is 0. The number of benzene rings is 2. The van der Waals surface area contributed by atoms with E-state index in [1.54, 1.807) is 42.5 Å². The van der Waals surface area contributed by atoms with Gasteiger partial charge in [0.2, 0.25) is 5.91 Å². The summed E-state index contributed by atoms with van der Waals surface area (Å²) < 4.78 is 5.75. The van der Waals surface area contributed by atoms with Gasteiger partial charge in [-0.2, -0.15) is 0 Å². The van der Waals surface area contributed by atoms with Crippen LogP contribution >= 0.6 is 0 Å². The maximum Gasteiger partial charge on any atom is 0.259 e. The molecule has 3 rings (SSSR count). The van der Waals surface area contributed by atoms with Crippen LogP contribution in [0, 0.1) is 5.92 Å². The standard InChI is InChI=1S/C18H18N2O3/c19-17(21)13-4-3-5-14(10-13)20-18(22)15-6-1-2-7-16(15)23-11-12-8-9-12/h1-7,10,12H,8-9,11H2,(H2,19,21)(H,20,22). The molecule has 0 bridgehead atoms. The van der Waals surface area contributed by atoms with Crippen LogP contribution in [-0.4, -0.2) is 18.4 Å². The van der Waals surface area contributed by atoms with Gasteiger partial charge in [0.15, 0.2) is 0 Å². The Bertz CT molecular complexity index is 739. The Labute approximate surface area is 134 Å². The molecule has 0 heterocycles. The minimum atomic E-state index is -0.533. The minimum absolute atomic E-state index is 0.280. The van der Waals surface area contributed by atoms with Gasteiger partial charge >= 0.3 is 0 Å². The van der Waals surface area contributed by atoms with Crippen LogP contribution in [0.1, 0.15) is 33.6 Å². The Hall–Kier alpha value is -2.82. The predicted molar refractivity (Wildman–Crippen MR) is 87.6 cm³/mol. The van der Waals surface area contributed by atoms with Crippen LogP contribution < -0.4 is 15.8 Å². The van der Waals surface area contributed by atoms with Gasteiger partial charge in [0.25, 0.3) is 5.91 Å². The molecule has 2 aromatic rings. The van der Waals surface area contributed by atoms with Gasteiger partial charge < -0.3 is 15.8 Å². The number of primary amides is 1. The van der Waals surface area contributed by atoms with E-state index in [0.29, 0.717) is 35.1 Å². The van der Waals surface area contributed by atoms with Gasteiger partial charge in [0.1, 0.15) is 5.75 Å². The van der Waals surface area contributed by atoms with E-state index in [1.807, 2.05) is 6.07 Å². The highest BCUT2D eigenvalue weighted by Gasteiger charge is 2.23. The maximum absolute atomic E-state index is 12.5. The van der Waals surface area contributed by atoms with Crippen molar-refractivity contribution in [1.29, 1.82) is 0 Å². The molecule has 0 saturated heterocycles. The van der Waals surface area contributed by atoms with Crippen LogP contribution in [0.15, 0.2) is 48.5 Å². The summed E-state index contributed by atoms with van der Waals surface area (Å²) in [6.45, 7) is 0.640. The molecule has 0 aliphatic heterocycles. The van der Waals surface area contributed by atoms with Crippen LogP contribution in [0.2, 0.25) is 0 Å². The Kier molecular flexibility index (Phi) is 4.28. The molecule has 0 atom stereocenters. The number of nitrogens with two attached hydrogens (primary N) is 1. The van der Waals surface area contributed by atoms with E-state index >= 15 is 0 Å². The lowest BCUT2D eigenvalue weighted by Gasteiger charge is -2.11. The lowest BCUT2D eigenvalue weighted by atomic mass is 10.1. The average Bonchev–Trinajstić information content (AvgIpc) is 3.37. The second kappa shape index (κ2) is 6.52. The van der Waals surface area contributed by atoms with Crippen molar-refractivity contribution in [2.45, 2.75) is 12.8 Å². The Morgan fingerprint density at radius 1 is 1.13 bits per heavy atom. The van der Waals surface area contributed by atoms with Crippen molar-refractivity contribution in [1.82, 2.24) is 0 Å². The van der Waals surface area contributed by atoms with Crippen molar-refractivity contribution < 1.29 is 14.3 Å². The third kappa shape index (κ3) is 3.88. The molecule has 0 unspecified atom stereocenters. The lowest BCUT2D eigenvalue weighted by Crippen LogP contribution is -2.15. The number of carbonyl (C=O) groups excluding carboxylic acids is 2. The molecule has 2 aromatic carbocycles. The SMILES string of the molecule is NC(=O)c1cccc(NC(=O)c2ccccc2OCC2CC2)c1. The van der Waals surface area contributed by atoms with Gasteiger partial charge in [-0.25, -0.2) is 0 Å². The first-order chi connectivity index (χ1) is 11.1. The van der Waals surface area contributed by atoms with Crippen LogP contribution in [0.3, 0.4) is 0 Å². The van der Waals surface area contributed by atoms with E-state index in [9.17, 15) is 9.59 Å². The van der Waals surface area contributed by atoms with E-state index in [1.165, 1.54) is 12.8 Å². The Morgan fingerprint density at radius 3 is 2.65 bits per heavy atom. The van der Waals surface area contributed by atoms with Crippen molar-refractivity contribution >= 4 is 17.5 Å². The van der Waals surface area contributed by atoms with Gasteiger partial charge in [0.05, 0.1) is 12.2 Å². The van der Waals surface area contributed by atoms with E-state index in [2.05, 4.69) is 5.32 Å². The summed E-state index contributed by atoms with van der Waals surface area (Å²) in [6.07, 6.45) is 2.38. The molecule has 1 aliphatic rings. The third-order valence-electron chi connectivity index (χ3n) is 3.71. The molecule has 1 fully saturated rings. The molecule has 0 aromatic heterocycles. The Balaban J connectivity index is 1.74. The zero-order valence-corrected chi connectivity index (χ0v) is 12.6. The number of nitrogens with one attached hydrogen (secondary N) is 1. The highest BCUT2D eigenvalue weighted by atomic mass is 16.5. The van der Waals surface area contributed by atoms with E-state index in [-0.39, 0.29) is 5.91 Å². The molecule has 0 spiro atoms. The molecule has 118 valence electrons. The zero-order chi connectivity index (χ0) is 16.2. The minimum Gasteiger partial charge on any atom is -0.492 e. The fourth-order valence-electron chi connectivity index (χ4n) is 2.22. The number of carbonyl (C=O) groups is 2. The predicted octanol–water partition coefficient (Wildman–Crippen LogP) is 2.83. The summed E-state index contributed by atoms with van der Waals surface area (Å²) in [5.41, 5.74) is 6.59. The van der Waals surface area contributed by atoms with Crippen LogP contribution in [-0.2, 0) is 0 Å². The lowest BCUT2D eigenvalue weighted by molar-refractivity contribution is 0.0995. The summed E-state index contributed by atoms with van der Waals surface area (Å²) in [5.74, 6) is 0.369. The van der Waals surface area contributed by atoms with E-state index in [0.717, 1.165) is 0 Å². The number of amides is 2. The van der Waals surface area contributed by atoms with Gasteiger partial charge in [-0.15, -0.1) is 0 Å². The number of ether oxygens (including phenoxy) is 1. The topological polar surface area (TPSA) is 81.4 Å². The smallest absolute Gasteiger partial charge is 0.259 e. The average molecular weight is 310 g/mol. The third-order valence-corrected chi connectivity index (χ3v) is 3.71. The number of hydrogen-bond acceptors (Lipinski definition) is 3. The zero-order valence-electron chi connectivity index (χ0n) is 12.6. The molecular weight excluding hydrogens is 292 g/mol. The van der Waals surface area contributed by atoms with Gasteiger partial charge in [0, 0.05) is 11.3 Å². The molecule has 5 nitrogen and oxygen atoms in total. The van der Waals surface area contributed by atoms with E-state index in [4.69, 9.17) is 10.5 Å². The normalized spacial score (nSPS) is 13.4. The molecule has 5 heteroatoms. The quantitative estimate of drug-likeness (QED) is 0.860. The summed E-state index contributed by atoms with van der Waals surface area (Å²) in [6, 6.07) is 13.7. The molecule has 23 heavy (non-hydrogen) atoms. The van der Waals surface area contributed by atoms with Crippen molar-refractivity contribution in [2.75, 3.05) is 11.9 Å². The van der Waals surface area contributed by atoms with Crippen LogP contribution in [0.5, 0.6) is 5.75 Å². The van der Waals surface area contributed by atoms with Crippen LogP contribution in [0.25, 0.3) is 0 Å². The number of anilines is 1. The summed E-state index contributed by atoms with van der Waals surface area (Å²) in [7, 11) is 0. The second-order valence-corrected chi connectivity index (χ2v) is 5.65. The van der Waals surface area contributed by atoms with Crippen molar-refractivity contribution in [3.8, 4) is 5.75 Å². The van der Waals surface area contributed by atoms with Crippen LogP contribution in [0.4, 0.5) is 5.69 Å². The number of para-hydroxylation sites is 1. The molecule has 0 radical (unpaired) electrons. The number of hydrogen-bond donors (Lipinski definition) is 2. The van der Waals surface area contributed by atoms with Gasteiger partial charge in [-0.1, -0.05) is 18.2 Å². The largest absolute Gasteiger partial charge is 0.492 e. The molecular formula is C18H18N2O3.